The number of nitrogens with one attached hydrogen (secondary N) is 1. The van der Waals surface area contributed by atoms with Gasteiger partial charge in [-0.2, -0.15) is 0 Å². The molecule has 1 aromatic carbocycles. The van der Waals surface area contributed by atoms with Gasteiger partial charge in [-0.25, -0.2) is 0 Å². The van der Waals surface area contributed by atoms with Crippen LogP contribution in [0.15, 0.2) is 18.2 Å². The number of amides is 1. The zero-order valence-corrected chi connectivity index (χ0v) is 9.66. The molecular formula is C12H17N3O. The lowest BCUT2D eigenvalue weighted by Gasteiger charge is -2.34. The van der Waals surface area contributed by atoms with E-state index in [1.165, 1.54) is 0 Å². The summed E-state index contributed by atoms with van der Waals surface area (Å²) in [7, 11) is 0. The molecule has 0 saturated carbocycles. The molecule has 1 aliphatic heterocycles. The monoisotopic (exact) mass is 219 g/mol. The molecule has 3 N–H and O–H groups in total. The molecule has 0 saturated heterocycles. The first-order chi connectivity index (χ1) is 7.61. The van der Waals surface area contributed by atoms with Crippen LogP contribution in [0.25, 0.3) is 0 Å². The van der Waals surface area contributed by atoms with Crippen LogP contribution in [0.2, 0.25) is 0 Å². The van der Waals surface area contributed by atoms with E-state index in [2.05, 4.69) is 24.1 Å². The normalized spacial score (nSPS) is 15.0. The van der Waals surface area contributed by atoms with Crippen molar-refractivity contribution < 1.29 is 4.79 Å². The number of fused-ring (bicyclic) bond motifs is 1. The first-order valence-corrected chi connectivity index (χ1v) is 5.51. The number of rotatable bonds is 2. The highest BCUT2D eigenvalue weighted by Gasteiger charge is 2.23. The van der Waals surface area contributed by atoms with Crippen molar-refractivity contribution in [3.05, 3.63) is 23.8 Å². The average molecular weight is 219 g/mol. The Bertz CT molecular complexity index is 415. The van der Waals surface area contributed by atoms with Gasteiger partial charge in [-0.3, -0.25) is 4.79 Å². The van der Waals surface area contributed by atoms with E-state index in [-0.39, 0.29) is 5.91 Å². The van der Waals surface area contributed by atoms with Crippen molar-refractivity contribution in [1.82, 2.24) is 0 Å². The Hall–Kier alpha value is -1.55. The minimum atomic E-state index is 0.0374. The minimum absolute atomic E-state index is 0.0374. The molecular weight excluding hydrogens is 202 g/mol. The molecule has 0 aromatic heterocycles. The van der Waals surface area contributed by atoms with Crippen LogP contribution in [0.3, 0.4) is 0 Å². The smallest absolute Gasteiger partial charge is 0.243 e. The van der Waals surface area contributed by atoms with Crippen molar-refractivity contribution in [3.63, 3.8) is 0 Å². The third-order valence-electron chi connectivity index (χ3n) is 2.82. The molecule has 1 aromatic rings. The van der Waals surface area contributed by atoms with Gasteiger partial charge in [0, 0.05) is 12.6 Å². The van der Waals surface area contributed by atoms with Crippen LogP contribution in [-0.4, -0.2) is 18.5 Å². The fourth-order valence-corrected chi connectivity index (χ4v) is 1.95. The second-order valence-electron chi connectivity index (χ2n) is 4.33. The third kappa shape index (κ3) is 1.88. The number of benzene rings is 1. The van der Waals surface area contributed by atoms with E-state index >= 15 is 0 Å². The molecule has 16 heavy (non-hydrogen) atoms. The first-order valence-electron chi connectivity index (χ1n) is 5.51. The number of anilines is 2. The van der Waals surface area contributed by atoms with E-state index < -0.39 is 0 Å². The van der Waals surface area contributed by atoms with E-state index in [1.807, 2.05) is 18.2 Å². The highest BCUT2D eigenvalue weighted by Crippen LogP contribution is 2.31. The van der Waals surface area contributed by atoms with Crippen molar-refractivity contribution >= 4 is 17.3 Å². The summed E-state index contributed by atoms with van der Waals surface area (Å²) in [6.45, 7) is 5.08. The number of hydrogen-bond acceptors (Lipinski definition) is 3. The maximum atomic E-state index is 11.6. The zero-order chi connectivity index (χ0) is 11.7. The summed E-state index contributed by atoms with van der Waals surface area (Å²) in [5.41, 5.74) is 8.56. The average Bonchev–Trinajstić information content (AvgIpc) is 2.26. The van der Waals surface area contributed by atoms with Crippen molar-refractivity contribution in [2.45, 2.75) is 26.4 Å². The Morgan fingerprint density at radius 3 is 2.88 bits per heavy atom. The first kappa shape index (κ1) is 11.0. The van der Waals surface area contributed by atoms with Crippen LogP contribution in [0.5, 0.6) is 0 Å². The summed E-state index contributed by atoms with van der Waals surface area (Å²) in [5.74, 6) is 0.0374. The molecule has 0 spiro atoms. The van der Waals surface area contributed by atoms with Crippen molar-refractivity contribution in [1.29, 1.82) is 0 Å². The summed E-state index contributed by atoms with van der Waals surface area (Å²) in [6.07, 6.45) is 0. The van der Waals surface area contributed by atoms with Crippen LogP contribution in [0, 0.1) is 0 Å². The number of nitrogens with zero attached hydrogens (tertiary/aromatic N) is 1. The molecule has 4 nitrogen and oxygen atoms in total. The maximum absolute atomic E-state index is 11.6. The second kappa shape index (κ2) is 4.14. The number of carbonyl (C=O) groups is 1. The summed E-state index contributed by atoms with van der Waals surface area (Å²) in [6, 6.07) is 6.29. The van der Waals surface area contributed by atoms with E-state index in [4.69, 9.17) is 5.73 Å². The molecule has 0 aliphatic carbocycles. The van der Waals surface area contributed by atoms with E-state index in [9.17, 15) is 4.79 Å². The molecule has 0 radical (unpaired) electrons. The van der Waals surface area contributed by atoms with Crippen LogP contribution in [0.1, 0.15) is 19.4 Å². The Labute approximate surface area is 95.4 Å². The Morgan fingerprint density at radius 1 is 1.50 bits per heavy atom. The Morgan fingerprint density at radius 2 is 2.25 bits per heavy atom. The maximum Gasteiger partial charge on any atom is 0.243 e. The minimum Gasteiger partial charge on any atom is -0.358 e. The van der Waals surface area contributed by atoms with Crippen LogP contribution >= 0.6 is 0 Å². The van der Waals surface area contributed by atoms with E-state index in [0.717, 1.165) is 16.9 Å². The highest BCUT2D eigenvalue weighted by molar-refractivity contribution is 6.01. The molecule has 0 atom stereocenters. The molecule has 2 rings (SSSR count). The summed E-state index contributed by atoms with van der Waals surface area (Å²) < 4.78 is 0. The predicted molar refractivity (Wildman–Crippen MR) is 65.4 cm³/mol. The fraction of sp³-hybridized carbons (Fsp3) is 0.417. The molecule has 0 bridgehead atoms. The number of carbonyl (C=O) groups excluding carboxylic acids is 1. The van der Waals surface area contributed by atoms with Gasteiger partial charge in [0.05, 0.1) is 17.9 Å². The number of hydrogen-bond donors (Lipinski definition) is 2. The van der Waals surface area contributed by atoms with Crippen LogP contribution in [0.4, 0.5) is 11.4 Å². The molecule has 0 fully saturated rings. The summed E-state index contributed by atoms with van der Waals surface area (Å²) in [5, 5.41) is 2.88. The quantitative estimate of drug-likeness (QED) is 0.788. The van der Waals surface area contributed by atoms with E-state index in [0.29, 0.717) is 19.1 Å². The standard InChI is InChI=1S/C12H17N3O/c1-8(2)15-7-12(16)14-10-5-9(6-13)3-4-11(10)15/h3-5,8H,6-7,13H2,1-2H3,(H,14,16). The Balaban J connectivity index is 2.43. The predicted octanol–water partition coefficient (Wildman–Crippen LogP) is 1.31. The van der Waals surface area contributed by atoms with Crippen LogP contribution in [-0.2, 0) is 11.3 Å². The fourth-order valence-electron chi connectivity index (χ4n) is 1.95. The van der Waals surface area contributed by atoms with Gasteiger partial charge in [-0.15, -0.1) is 0 Å². The lowest BCUT2D eigenvalue weighted by atomic mass is 10.1. The molecule has 4 heteroatoms. The lowest BCUT2D eigenvalue weighted by molar-refractivity contribution is -0.115. The highest BCUT2D eigenvalue weighted by atomic mass is 16.2. The van der Waals surface area contributed by atoms with Crippen LogP contribution < -0.4 is 16.0 Å². The SMILES string of the molecule is CC(C)N1CC(=O)Nc2cc(CN)ccc21. The number of nitrogens with two attached hydrogens (primary N) is 1. The zero-order valence-electron chi connectivity index (χ0n) is 9.66. The van der Waals surface area contributed by atoms with Gasteiger partial charge in [-0.1, -0.05) is 6.07 Å². The second-order valence-corrected chi connectivity index (χ2v) is 4.33. The van der Waals surface area contributed by atoms with Gasteiger partial charge < -0.3 is 16.0 Å². The van der Waals surface area contributed by atoms with Crippen molar-refractivity contribution in [2.75, 3.05) is 16.8 Å². The van der Waals surface area contributed by atoms with E-state index in [1.54, 1.807) is 0 Å². The van der Waals surface area contributed by atoms with Crippen molar-refractivity contribution in [2.24, 2.45) is 5.73 Å². The van der Waals surface area contributed by atoms with Gasteiger partial charge in [0.15, 0.2) is 0 Å². The molecule has 0 unspecified atom stereocenters. The Kier molecular flexibility index (Phi) is 2.83. The van der Waals surface area contributed by atoms with Gasteiger partial charge in [0.25, 0.3) is 0 Å². The van der Waals surface area contributed by atoms with Crippen molar-refractivity contribution in [3.8, 4) is 0 Å². The molecule has 86 valence electrons. The van der Waals surface area contributed by atoms with Gasteiger partial charge in [0.1, 0.15) is 0 Å². The largest absolute Gasteiger partial charge is 0.358 e. The third-order valence-corrected chi connectivity index (χ3v) is 2.82. The summed E-state index contributed by atoms with van der Waals surface area (Å²) >= 11 is 0. The molecule has 1 aliphatic rings. The van der Waals surface area contributed by atoms with Gasteiger partial charge in [0.2, 0.25) is 5.91 Å². The van der Waals surface area contributed by atoms with Gasteiger partial charge in [-0.05, 0) is 31.5 Å². The molecule has 1 amide bonds. The molecule has 1 heterocycles. The summed E-state index contributed by atoms with van der Waals surface area (Å²) in [4.78, 5) is 13.6. The topological polar surface area (TPSA) is 58.4 Å². The van der Waals surface area contributed by atoms with Gasteiger partial charge >= 0.3 is 0 Å². The lowest BCUT2D eigenvalue weighted by Crippen LogP contribution is -2.42.